The molecule has 102 valence electrons. The van der Waals surface area contributed by atoms with Crippen molar-refractivity contribution in [2.24, 2.45) is 0 Å². The number of hydrogen-bond acceptors (Lipinski definition) is 3. The van der Waals surface area contributed by atoms with Gasteiger partial charge >= 0.3 is 0 Å². The van der Waals surface area contributed by atoms with Crippen LogP contribution in [0.4, 0.5) is 5.69 Å². The number of nitrogens with zero attached hydrogens (tertiary/aromatic N) is 1. The number of nitrogens with one attached hydrogen (secondary N) is 1. The highest BCUT2D eigenvalue weighted by atomic mass is 16.3. The van der Waals surface area contributed by atoms with Crippen molar-refractivity contribution in [1.82, 2.24) is 5.32 Å². The van der Waals surface area contributed by atoms with E-state index >= 15 is 0 Å². The number of aliphatic hydroxyl groups is 1. The molecule has 1 aromatic rings. The first-order chi connectivity index (χ1) is 8.37. The third-order valence-electron chi connectivity index (χ3n) is 3.15. The molecule has 3 heteroatoms. The molecule has 1 unspecified atom stereocenters. The first kappa shape index (κ1) is 15.0. The molecule has 1 rings (SSSR count). The second-order valence-electron chi connectivity index (χ2n) is 5.43. The summed E-state index contributed by atoms with van der Waals surface area (Å²) in [5.74, 6) is 0. The summed E-state index contributed by atoms with van der Waals surface area (Å²) in [7, 11) is 1.96. The Labute approximate surface area is 111 Å². The zero-order valence-electron chi connectivity index (χ0n) is 12.2. The van der Waals surface area contributed by atoms with E-state index in [0.29, 0.717) is 12.6 Å². The molecule has 18 heavy (non-hydrogen) atoms. The van der Waals surface area contributed by atoms with Gasteiger partial charge in [0.15, 0.2) is 0 Å². The van der Waals surface area contributed by atoms with E-state index in [1.54, 1.807) is 0 Å². The van der Waals surface area contributed by atoms with Gasteiger partial charge in [-0.15, -0.1) is 0 Å². The van der Waals surface area contributed by atoms with Crippen LogP contribution in [0.1, 0.15) is 39.3 Å². The monoisotopic (exact) mass is 250 g/mol. The maximum Gasteiger partial charge on any atom is 0.0765 e. The van der Waals surface area contributed by atoms with Gasteiger partial charge in [0, 0.05) is 24.8 Å². The molecule has 1 aromatic carbocycles. The fraction of sp³-hybridized carbons (Fsp3) is 0.600. The summed E-state index contributed by atoms with van der Waals surface area (Å²) in [6, 6.07) is 8.90. The van der Waals surface area contributed by atoms with Crippen molar-refractivity contribution < 1.29 is 5.11 Å². The zero-order chi connectivity index (χ0) is 13.8. The van der Waals surface area contributed by atoms with Crippen LogP contribution < -0.4 is 10.2 Å². The molecule has 0 aliphatic heterocycles. The van der Waals surface area contributed by atoms with E-state index in [2.05, 4.69) is 48.3 Å². The van der Waals surface area contributed by atoms with E-state index in [-0.39, 0.29) is 0 Å². The molecule has 0 fully saturated rings. The molecule has 0 aromatic heterocycles. The van der Waals surface area contributed by atoms with Gasteiger partial charge in [-0.3, -0.25) is 0 Å². The second-order valence-corrected chi connectivity index (χ2v) is 5.43. The Morgan fingerprint density at radius 2 is 1.83 bits per heavy atom. The van der Waals surface area contributed by atoms with Crippen molar-refractivity contribution in [1.29, 1.82) is 0 Å². The van der Waals surface area contributed by atoms with E-state index in [0.717, 1.165) is 12.2 Å². The molecule has 1 atom stereocenters. The van der Waals surface area contributed by atoms with Crippen molar-refractivity contribution in [3.05, 3.63) is 29.8 Å². The van der Waals surface area contributed by atoms with E-state index in [4.69, 9.17) is 0 Å². The summed E-state index contributed by atoms with van der Waals surface area (Å²) in [6.07, 6.45) is 0. The van der Waals surface area contributed by atoms with Gasteiger partial charge in [0.05, 0.1) is 5.60 Å². The van der Waals surface area contributed by atoms with Crippen LogP contribution in [0.5, 0.6) is 0 Å². The van der Waals surface area contributed by atoms with Crippen molar-refractivity contribution in [2.45, 2.75) is 39.3 Å². The molecule has 2 N–H and O–H groups in total. The Morgan fingerprint density at radius 3 is 2.22 bits per heavy atom. The highest BCUT2D eigenvalue weighted by Crippen LogP contribution is 2.20. The van der Waals surface area contributed by atoms with Crippen molar-refractivity contribution in [2.75, 3.05) is 25.0 Å². The van der Waals surface area contributed by atoms with Gasteiger partial charge < -0.3 is 15.3 Å². The molecule has 0 aliphatic carbocycles. The van der Waals surface area contributed by atoms with Gasteiger partial charge in [-0.1, -0.05) is 12.1 Å². The maximum atomic E-state index is 9.91. The van der Waals surface area contributed by atoms with Crippen LogP contribution >= 0.6 is 0 Å². The van der Waals surface area contributed by atoms with Crippen LogP contribution in [0.15, 0.2) is 24.3 Å². The first-order valence-electron chi connectivity index (χ1n) is 6.62. The largest absolute Gasteiger partial charge is 0.389 e. The molecule has 0 radical (unpaired) electrons. The lowest BCUT2D eigenvalue weighted by molar-refractivity contribution is 0.0876. The lowest BCUT2D eigenvalue weighted by atomic mass is 10.1. The van der Waals surface area contributed by atoms with Gasteiger partial charge in [0.2, 0.25) is 0 Å². The highest BCUT2D eigenvalue weighted by molar-refractivity contribution is 5.48. The van der Waals surface area contributed by atoms with Crippen LogP contribution in [0.3, 0.4) is 0 Å². The van der Waals surface area contributed by atoms with Crippen molar-refractivity contribution in [3.63, 3.8) is 0 Å². The Balaban J connectivity index is 2.82. The standard InChI is InChI=1S/C15H26N2O/c1-6-17(11-15(3,4)18)14-9-7-13(8-10-14)12(2)16-5/h7-10,12,16,18H,6,11H2,1-5H3. The normalized spacial score (nSPS) is 13.4. The summed E-state index contributed by atoms with van der Waals surface area (Å²) in [4.78, 5) is 2.19. The van der Waals surface area contributed by atoms with Gasteiger partial charge in [-0.25, -0.2) is 0 Å². The van der Waals surface area contributed by atoms with Gasteiger partial charge in [0.1, 0.15) is 0 Å². The second kappa shape index (κ2) is 6.21. The molecular weight excluding hydrogens is 224 g/mol. The summed E-state index contributed by atoms with van der Waals surface area (Å²) in [5, 5.41) is 13.1. The molecule has 0 saturated heterocycles. The van der Waals surface area contributed by atoms with E-state index in [1.165, 1.54) is 5.56 Å². The van der Waals surface area contributed by atoms with Crippen LogP contribution in [-0.4, -0.2) is 30.8 Å². The molecule has 0 spiro atoms. The minimum absolute atomic E-state index is 0.364. The summed E-state index contributed by atoms with van der Waals surface area (Å²) < 4.78 is 0. The minimum Gasteiger partial charge on any atom is -0.389 e. The first-order valence-corrected chi connectivity index (χ1v) is 6.62. The SMILES string of the molecule is CCN(CC(C)(C)O)c1ccc(C(C)NC)cc1. The smallest absolute Gasteiger partial charge is 0.0765 e. The maximum absolute atomic E-state index is 9.91. The van der Waals surface area contributed by atoms with Crippen LogP contribution in [0.25, 0.3) is 0 Å². The third kappa shape index (κ3) is 4.31. The minimum atomic E-state index is -0.674. The summed E-state index contributed by atoms with van der Waals surface area (Å²) in [5.41, 5.74) is 1.76. The van der Waals surface area contributed by atoms with E-state index in [9.17, 15) is 5.11 Å². The lowest BCUT2D eigenvalue weighted by Crippen LogP contribution is -2.38. The van der Waals surface area contributed by atoms with Gasteiger partial charge in [0.25, 0.3) is 0 Å². The van der Waals surface area contributed by atoms with Gasteiger partial charge in [-0.05, 0) is 52.4 Å². The Kier molecular flexibility index (Phi) is 5.17. The lowest BCUT2D eigenvalue weighted by Gasteiger charge is -2.30. The summed E-state index contributed by atoms with van der Waals surface area (Å²) >= 11 is 0. The predicted molar refractivity (Wildman–Crippen MR) is 78.1 cm³/mol. The molecule has 0 heterocycles. The van der Waals surface area contributed by atoms with Gasteiger partial charge in [-0.2, -0.15) is 0 Å². The number of hydrogen-bond donors (Lipinski definition) is 2. The summed E-state index contributed by atoms with van der Waals surface area (Å²) in [6.45, 7) is 9.47. The molecule has 0 amide bonds. The highest BCUT2D eigenvalue weighted by Gasteiger charge is 2.17. The average molecular weight is 250 g/mol. The van der Waals surface area contributed by atoms with Crippen LogP contribution in [0.2, 0.25) is 0 Å². The fourth-order valence-corrected chi connectivity index (χ4v) is 1.99. The third-order valence-corrected chi connectivity index (χ3v) is 3.15. The van der Waals surface area contributed by atoms with E-state index < -0.39 is 5.60 Å². The number of anilines is 1. The number of benzene rings is 1. The van der Waals surface area contributed by atoms with Crippen molar-refractivity contribution >= 4 is 5.69 Å². The Morgan fingerprint density at radius 1 is 1.28 bits per heavy atom. The molecule has 0 aliphatic rings. The Hall–Kier alpha value is -1.06. The number of likely N-dealkylation sites (N-methyl/N-ethyl adjacent to an activating group) is 1. The Bertz CT molecular complexity index is 354. The zero-order valence-corrected chi connectivity index (χ0v) is 12.2. The molecule has 0 bridgehead atoms. The molecule has 3 nitrogen and oxygen atoms in total. The number of rotatable bonds is 6. The topological polar surface area (TPSA) is 35.5 Å². The average Bonchev–Trinajstić information content (AvgIpc) is 2.34. The van der Waals surface area contributed by atoms with Crippen LogP contribution in [0, 0.1) is 0 Å². The van der Waals surface area contributed by atoms with Crippen molar-refractivity contribution in [3.8, 4) is 0 Å². The van der Waals surface area contributed by atoms with Crippen LogP contribution in [-0.2, 0) is 0 Å². The predicted octanol–water partition coefficient (Wildman–Crippen LogP) is 2.56. The molecular formula is C15H26N2O. The fourth-order valence-electron chi connectivity index (χ4n) is 1.99. The molecule has 0 saturated carbocycles. The van der Waals surface area contributed by atoms with E-state index in [1.807, 2.05) is 20.9 Å². The quantitative estimate of drug-likeness (QED) is 0.814.